The van der Waals surface area contributed by atoms with Crippen LogP contribution in [0.2, 0.25) is 5.02 Å². The number of hydrogen-bond donors (Lipinski definition) is 1. The molecule has 1 aromatic heterocycles. The van der Waals surface area contributed by atoms with Crippen molar-refractivity contribution in [1.29, 1.82) is 0 Å². The molecule has 1 atom stereocenters. The highest BCUT2D eigenvalue weighted by Crippen LogP contribution is 2.23. The smallest absolute Gasteiger partial charge is 0.128 e. The molecule has 5 heteroatoms. The molecular formula is C13H21ClN4. The molecule has 0 aliphatic carbocycles. The first-order valence-electron chi connectivity index (χ1n) is 6.37. The molecule has 1 aromatic rings. The zero-order valence-corrected chi connectivity index (χ0v) is 11.8. The van der Waals surface area contributed by atoms with Crippen molar-refractivity contribution in [3.05, 3.63) is 22.8 Å². The summed E-state index contributed by atoms with van der Waals surface area (Å²) in [6, 6.07) is 2.61. The van der Waals surface area contributed by atoms with E-state index < -0.39 is 0 Å². The largest absolute Gasteiger partial charge is 0.355 e. The van der Waals surface area contributed by atoms with Crippen molar-refractivity contribution in [2.24, 2.45) is 5.73 Å². The zero-order chi connectivity index (χ0) is 13.1. The van der Waals surface area contributed by atoms with E-state index in [-0.39, 0.29) is 0 Å². The van der Waals surface area contributed by atoms with Crippen LogP contribution in [0.15, 0.2) is 12.3 Å². The highest BCUT2D eigenvalue weighted by molar-refractivity contribution is 6.31. The Labute approximate surface area is 114 Å². The number of rotatable bonds is 3. The fraction of sp³-hybridized carbons (Fsp3) is 0.615. The Hall–Kier alpha value is -0.840. The van der Waals surface area contributed by atoms with Crippen molar-refractivity contribution >= 4 is 17.4 Å². The number of halogens is 1. The van der Waals surface area contributed by atoms with Crippen molar-refractivity contribution in [2.45, 2.75) is 25.4 Å². The number of aromatic nitrogens is 1. The molecule has 18 heavy (non-hydrogen) atoms. The molecular weight excluding hydrogens is 248 g/mol. The molecule has 2 heterocycles. The molecule has 1 saturated heterocycles. The normalized spacial score (nSPS) is 20.5. The summed E-state index contributed by atoms with van der Waals surface area (Å²) < 4.78 is 0. The van der Waals surface area contributed by atoms with E-state index in [1.54, 1.807) is 6.20 Å². The number of piperidine rings is 1. The first kappa shape index (κ1) is 13.6. The lowest BCUT2D eigenvalue weighted by Gasteiger charge is -2.37. The van der Waals surface area contributed by atoms with Crippen LogP contribution in [0.5, 0.6) is 0 Å². The van der Waals surface area contributed by atoms with E-state index in [1.165, 1.54) is 12.8 Å². The van der Waals surface area contributed by atoms with E-state index in [0.717, 1.165) is 24.5 Å². The molecule has 0 aromatic carbocycles. The molecule has 100 valence electrons. The second kappa shape index (κ2) is 5.87. The van der Waals surface area contributed by atoms with E-state index in [0.29, 0.717) is 17.6 Å². The molecule has 2 N–H and O–H groups in total. The van der Waals surface area contributed by atoms with Crippen LogP contribution in [-0.4, -0.2) is 43.1 Å². The Balaban J connectivity index is 2.15. The van der Waals surface area contributed by atoms with Gasteiger partial charge in [-0.1, -0.05) is 11.6 Å². The quantitative estimate of drug-likeness (QED) is 0.907. The predicted molar refractivity (Wildman–Crippen MR) is 76.1 cm³/mol. The number of anilines is 1. The van der Waals surface area contributed by atoms with E-state index in [9.17, 15) is 0 Å². The molecule has 0 spiro atoms. The Kier molecular flexibility index (Phi) is 4.43. The Bertz CT molecular complexity index is 408. The van der Waals surface area contributed by atoms with Gasteiger partial charge in [0.15, 0.2) is 0 Å². The topological polar surface area (TPSA) is 45.4 Å². The number of nitrogens with zero attached hydrogens (tertiary/aromatic N) is 3. The molecule has 1 fully saturated rings. The standard InChI is InChI=1S/C13H21ClN4/c1-17(2)11-4-3-5-18(9-11)13-6-10(7-15)12(14)8-16-13/h6,8,11H,3-5,7,9,15H2,1-2H3. The first-order chi connectivity index (χ1) is 8.61. The minimum Gasteiger partial charge on any atom is -0.355 e. The highest BCUT2D eigenvalue weighted by atomic mass is 35.5. The monoisotopic (exact) mass is 268 g/mol. The van der Waals surface area contributed by atoms with Crippen LogP contribution in [-0.2, 0) is 6.54 Å². The summed E-state index contributed by atoms with van der Waals surface area (Å²) >= 11 is 6.05. The second-order valence-corrected chi connectivity index (χ2v) is 5.45. The Morgan fingerprint density at radius 3 is 3.00 bits per heavy atom. The summed E-state index contributed by atoms with van der Waals surface area (Å²) in [6.45, 7) is 2.54. The van der Waals surface area contributed by atoms with Gasteiger partial charge in [0.2, 0.25) is 0 Å². The van der Waals surface area contributed by atoms with Crippen LogP contribution in [0.3, 0.4) is 0 Å². The third kappa shape index (κ3) is 2.94. The molecule has 0 amide bonds. The van der Waals surface area contributed by atoms with Crippen molar-refractivity contribution in [1.82, 2.24) is 9.88 Å². The lowest BCUT2D eigenvalue weighted by molar-refractivity contribution is 0.257. The van der Waals surface area contributed by atoms with Crippen molar-refractivity contribution in [3.8, 4) is 0 Å². The van der Waals surface area contributed by atoms with E-state index in [4.69, 9.17) is 17.3 Å². The van der Waals surface area contributed by atoms with Gasteiger partial charge in [0, 0.05) is 31.9 Å². The number of pyridine rings is 1. The van der Waals surface area contributed by atoms with Gasteiger partial charge in [0.25, 0.3) is 0 Å². The van der Waals surface area contributed by atoms with Crippen LogP contribution in [0.1, 0.15) is 18.4 Å². The molecule has 2 rings (SSSR count). The molecule has 4 nitrogen and oxygen atoms in total. The third-order valence-electron chi connectivity index (χ3n) is 3.59. The lowest BCUT2D eigenvalue weighted by Crippen LogP contribution is -2.45. The highest BCUT2D eigenvalue weighted by Gasteiger charge is 2.22. The van der Waals surface area contributed by atoms with Crippen molar-refractivity contribution in [3.63, 3.8) is 0 Å². The SMILES string of the molecule is CN(C)C1CCCN(c2cc(CN)c(Cl)cn2)C1. The van der Waals surface area contributed by atoms with Crippen molar-refractivity contribution < 1.29 is 0 Å². The summed E-state index contributed by atoms with van der Waals surface area (Å²) in [4.78, 5) is 9.03. The maximum atomic E-state index is 6.05. The average molecular weight is 269 g/mol. The minimum absolute atomic E-state index is 0.458. The predicted octanol–water partition coefficient (Wildman–Crippen LogP) is 1.72. The minimum atomic E-state index is 0.458. The fourth-order valence-electron chi connectivity index (χ4n) is 2.38. The molecule has 1 unspecified atom stereocenters. The van der Waals surface area contributed by atoms with Crippen LogP contribution < -0.4 is 10.6 Å². The number of hydrogen-bond acceptors (Lipinski definition) is 4. The maximum absolute atomic E-state index is 6.05. The van der Waals surface area contributed by atoms with Crippen LogP contribution in [0.4, 0.5) is 5.82 Å². The van der Waals surface area contributed by atoms with Gasteiger partial charge in [-0.25, -0.2) is 4.98 Å². The lowest BCUT2D eigenvalue weighted by atomic mass is 10.0. The molecule has 0 bridgehead atoms. The second-order valence-electron chi connectivity index (χ2n) is 5.04. The van der Waals surface area contributed by atoms with E-state index in [1.807, 2.05) is 6.07 Å². The number of likely N-dealkylation sites (N-methyl/N-ethyl adjacent to an activating group) is 1. The molecule has 1 aliphatic heterocycles. The first-order valence-corrected chi connectivity index (χ1v) is 6.75. The van der Waals surface area contributed by atoms with Gasteiger partial charge in [0.1, 0.15) is 5.82 Å². The van der Waals surface area contributed by atoms with Gasteiger partial charge in [0.05, 0.1) is 5.02 Å². The van der Waals surface area contributed by atoms with Gasteiger partial charge in [-0.2, -0.15) is 0 Å². The molecule has 0 saturated carbocycles. The Morgan fingerprint density at radius 1 is 1.56 bits per heavy atom. The summed E-state index contributed by atoms with van der Waals surface area (Å²) in [5.74, 6) is 0.992. The van der Waals surface area contributed by atoms with Crippen LogP contribution >= 0.6 is 11.6 Å². The van der Waals surface area contributed by atoms with Crippen LogP contribution in [0.25, 0.3) is 0 Å². The van der Waals surface area contributed by atoms with E-state index >= 15 is 0 Å². The molecule has 1 aliphatic rings. The number of nitrogens with two attached hydrogens (primary N) is 1. The molecule has 0 radical (unpaired) electrons. The average Bonchev–Trinajstić information content (AvgIpc) is 2.39. The third-order valence-corrected chi connectivity index (χ3v) is 3.93. The maximum Gasteiger partial charge on any atom is 0.128 e. The summed E-state index contributed by atoms with van der Waals surface area (Å²) in [5.41, 5.74) is 6.65. The van der Waals surface area contributed by atoms with Gasteiger partial charge < -0.3 is 15.5 Å². The van der Waals surface area contributed by atoms with Gasteiger partial charge >= 0.3 is 0 Å². The fourth-order valence-corrected chi connectivity index (χ4v) is 2.56. The summed E-state index contributed by atoms with van der Waals surface area (Å²) in [6.07, 6.45) is 4.16. The van der Waals surface area contributed by atoms with E-state index in [2.05, 4.69) is 28.9 Å². The summed E-state index contributed by atoms with van der Waals surface area (Å²) in [7, 11) is 4.27. The van der Waals surface area contributed by atoms with Crippen LogP contribution in [0, 0.1) is 0 Å². The Morgan fingerprint density at radius 2 is 2.33 bits per heavy atom. The van der Waals surface area contributed by atoms with Gasteiger partial charge in [-0.3, -0.25) is 0 Å². The van der Waals surface area contributed by atoms with Gasteiger partial charge in [-0.15, -0.1) is 0 Å². The van der Waals surface area contributed by atoms with Crippen molar-refractivity contribution in [2.75, 3.05) is 32.1 Å². The summed E-state index contributed by atoms with van der Waals surface area (Å²) in [5, 5.41) is 0.655. The van der Waals surface area contributed by atoms with Gasteiger partial charge in [-0.05, 0) is 38.6 Å². The zero-order valence-electron chi connectivity index (χ0n) is 11.1.